The van der Waals surface area contributed by atoms with Crippen molar-refractivity contribution in [1.82, 2.24) is 14.8 Å². The number of thiazole rings is 1. The van der Waals surface area contributed by atoms with Gasteiger partial charge in [-0.15, -0.1) is 11.3 Å². The van der Waals surface area contributed by atoms with Crippen LogP contribution < -0.4 is 9.64 Å². The van der Waals surface area contributed by atoms with Crippen LogP contribution in [0.4, 0.5) is 14.5 Å². The summed E-state index contributed by atoms with van der Waals surface area (Å²) in [6.45, 7) is 3.22. The molecule has 10 heteroatoms. The van der Waals surface area contributed by atoms with Gasteiger partial charge in [0, 0.05) is 68.5 Å². The lowest BCUT2D eigenvalue weighted by atomic mass is 10.2. The Morgan fingerprint density at radius 2 is 1.74 bits per heavy atom. The Morgan fingerprint density at radius 3 is 2.41 bits per heavy atom. The highest BCUT2D eigenvalue weighted by molar-refractivity contribution is 7.11. The SMILES string of the molecule is O=C(c1nccs1)N1CCN(C2CC(=O)N(c3ccc(Oc4ccc(F)c(F)c4)cc3)C2)CC1. The van der Waals surface area contributed by atoms with E-state index < -0.39 is 11.6 Å². The first-order valence-electron chi connectivity index (χ1n) is 10.9. The maximum atomic E-state index is 13.4. The van der Waals surface area contributed by atoms with Crippen molar-refractivity contribution in [2.45, 2.75) is 12.5 Å². The molecule has 3 aromatic rings. The summed E-state index contributed by atoms with van der Waals surface area (Å²) < 4.78 is 32.0. The summed E-state index contributed by atoms with van der Waals surface area (Å²) in [6, 6.07) is 10.4. The lowest BCUT2D eigenvalue weighted by Crippen LogP contribution is -2.52. The molecule has 0 radical (unpaired) electrons. The standard InChI is InChI=1S/C24H22F2N4O3S/c25-20-6-5-19(14-21(20)26)33-18-3-1-16(2-4-18)30-15-17(13-22(30)31)28-8-10-29(11-9-28)24(32)23-27-7-12-34-23/h1-7,12,14,17H,8-11,13,15H2. The summed E-state index contributed by atoms with van der Waals surface area (Å²) in [5.74, 6) is -1.26. The molecule has 176 valence electrons. The van der Waals surface area contributed by atoms with Crippen molar-refractivity contribution in [3.8, 4) is 11.5 Å². The van der Waals surface area contributed by atoms with Crippen LogP contribution in [0.15, 0.2) is 54.0 Å². The Balaban J connectivity index is 1.17. The Labute approximate surface area is 199 Å². The maximum absolute atomic E-state index is 13.4. The van der Waals surface area contributed by atoms with Crippen molar-refractivity contribution in [3.05, 3.63) is 70.7 Å². The van der Waals surface area contributed by atoms with Crippen LogP contribution in [-0.2, 0) is 4.79 Å². The van der Waals surface area contributed by atoms with E-state index in [1.807, 2.05) is 4.90 Å². The number of hydrogen-bond donors (Lipinski definition) is 0. The van der Waals surface area contributed by atoms with E-state index in [1.54, 1.807) is 40.7 Å². The third-order valence-electron chi connectivity index (χ3n) is 6.11. The van der Waals surface area contributed by atoms with E-state index in [0.29, 0.717) is 49.9 Å². The highest BCUT2D eigenvalue weighted by Crippen LogP contribution is 2.29. The van der Waals surface area contributed by atoms with Gasteiger partial charge < -0.3 is 14.5 Å². The average Bonchev–Trinajstić information content (AvgIpc) is 3.52. The highest BCUT2D eigenvalue weighted by Gasteiger charge is 2.36. The summed E-state index contributed by atoms with van der Waals surface area (Å²) >= 11 is 1.34. The van der Waals surface area contributed by atoms with Gasteiger partial charge in [-0.2, -0.15) is 0 Å². The molecule has 2 saturated heterocycles. The molecule has 0 N–H and O–H groups in total. The van der Waals surface area contributed by atoms with Gasteiger partial charge in [-0.05, 0) is 36.4 Å². The van der Waals surface area contributed by atoms with Crippen LogP contribution >= 0.6 is 11.3 Å². The average molecular weight is 485 g/mol. The largest absolute Gasteiger partial charge is 0.457 e. The van der Waals surface area contributed by atoms with Gasteiger partial charge in [-0.25, -0.2) is 13.8 Å². The number of amides is 2. The summed E-state index contributed by atoms with van der Waals surface area (Å²) in [5, 5.41) is 2.30. The smallest absolute Gasteiger partial charge is 0.282 e. The molecule has 1 atom stereocenters. The van der Waals surface area contributed by atoms with Gasteiger partial charge in [-0.1, -0.05) is 0 Å². The predicted molar refractivity (Wildman–Crippen MR) is 123 cm³/mol. The highest BCUT2D eigenvalue weighted by atomic mass is 32.1. The number of anilines is 1. The Morgan fingerprint density at radius 1 is 1.00 bits per heavy atom. The van der Waals surface area contributed by atoms with Gasteiger partial charge in [0.15, 0.2) is 16.6 Å². The number of rotatable bonds is 5. The zero-order valence-corrected chi connectivity index (χ0v) is 19.0. The molecular formula is C24H22F2N4O3S. The first kappa shape index (κ1) is 22.4. The van der Waals surface area contributed by atoms with Crippen LogP contribution in [0.1, 0.15) is 16.2 Å². The zero-order valence-electron chi connectivity index (χ0n) is 18.2. The molecule has 3 heterocycles. The van der Waals surface area contributed by atoms with Gasteiger partial charge in [0.25, 0.3) is 5.91 Å². The maximum Gasteiger partial charge on any atom is 0.282 e. The zero-order chi connectivity index (χ0) is 23.7. The van der Waals surface area contributed by atoms with E-state index >= 15 is 0 Å². The second kappa shape index (κ2) is 9.47. The molecule has 34 heavy (non-hydrogen) atoms. The van der Waals surface area contributed by atoms with Crippen LogP contribution in [0.3, 0.4) is 0 Å². The van der Waals surface area contributed by atoms with E-state index in [-0.39, 0.29) is 23.6 Å². The van der Waals surface area contributed by atoms with Gasteiger partial charge in [0.2, 0.25) is 5.91 Å². The van der Waals surface area contributed by atoms with E-state index in [2.05, 4.69) is 9.88 Å². The normalized spacial score (nSPS) is 19.0. The Bertz CT molecular complexity index is 1180. The number of halogens is 2. The predicted octanol–water partition coefficient (Wildman–Crippen LogP) is 3.78. The van der Waals surface area contributed by atoms with Crippen molar-refractivity contribution in [2.75, 3.05) is 37.6 Å². The molecule has 0 bridgehead atoms. The lowest BCUT2D eigenvalue weighted by Gasteiger charge is -2.37. The number of ether oxygens (including phenoxy) is 1. The molecule has 1 aromatic heterocycles. The second-order valence-electron chi connectivity index (χ2n) is 8.20. The minimum atomic E-state index is -0.976. The second-order valence-corrected chi connectivity index (χ2v) is 9.09. The van der Waals surface area contributed by atoms with Crippen molar-refractivity contribution in [3.63, 3.8) is 0 Å². The van der Waals surface area contributed by atoms with Gasteiger partial charge in [-0.3, -0.25) is 14.5 Å². The van der Waals surface area contributed by atoms with E-state index in [4.69, 9.17) is 4.74 Å². The lowest BCUT2D eigenvalue weighted by molar-refractivity contribution is -0.117. The summed E-state index contributed by atoms with van der Waals surface area (Å²) in [7, 11) is 0. The third-order valence-corrected chi connectivity index (χ3v) is 6.87. The molecular weight excluding hydrogens is 462 g/mol. The number of carbonyl (C=O) groups is 2. The monoisotopic (exact) mass is 484 g/mol. The van der Waals surface area contributed by atoms with Gasteiger partial charge >= 0.3 is 0 Å². The van der Waals surface area contributed by atoms with Crippen molar-refractivity contribution in [1.29, 1.82) is 0 Å². The first-order chi connectivity index (χ1) is 16.5. The fourth-order valence-corrected chi connectivity index (χ4v) is 4.91. The molecule has 2 fully saturated rings. The van der Waals surface area contributed by atoms with E-state index in [9.17, 15) is 18.4 Å². The Kier molecular flexibility index (Phi) is 6.25. The molecule has 2 aromatic carbocycles. The number of aromatic nitrogens is 1. The quantitative estimate of drug-likeness (QED) is 0.552. The van der Waals surface area contributed by atoms with Crippen LogP contribution in [0.25, 0.3) is 0 Å². The van der Waals surface area contributed by atoms with Crippen LogP contribution in [0.2, 0.25) is 0 Å². The first-order valence-corrected chi connectivity index (χ1v) is 11.8. The van der Waals surface area contributed by atoms with E-state index in [0.717, 1.165) is 17.8 Å². The molecule has 2 amide bonds. The molecule has 2 aliphatic rings. The fourth-order valence-electron chi connectivity index (χ4n) is 4.31. The van der Waals surface area contributed by atoms with Gasteiger partial charge in [0.05, 0.1) is 0 Å². The van der Waals surface area contributed by atoms with Gasteiger partial charge in [0.1, 0.15) is 11.5 Å². The third kappa shape index (κ3) is 4.64. The molecule has 7 nitrogen and oxygen atoms in total. The van der Waals surface area contributed by atoms with Crippen LogP contribution in [0, 0.1) is 11.6 Å². The summed E-state index contributed by atoms with van der Waals surface area (Å²) in [6.07, 6.45) is 2.06. The molecule has 1 unspecified atom stereocenters. The molecule has 0 saturated carbocycles. The fraction of sp³-hybridized carbons (Fsp3) is 0.292. The number of hydrogen-bond acceptors (Lipinski definition) is 6. The molecule has 5 rings (SSSR count). The number of benzene rings is 2. The van der Waals surface area contributed by atoms with Crippen molar-refractivity contribution < 1.29 is 23.1 Å². The topological polar surface area (TPSA) is 66.0 Å². The minimum Gasteiger partial charge on any atom is -0.457 e. The van der Waals surface area contributed by atoms with Crippen LogP contribution in [0.5, 0.6) is 11.5 Å². The molecule has 0 aliphatic carbocycles. The van der Waals surface area contributed by atoms with Crippen LogP contribution in [-0.4, -0.2) is 65.4 Å². The number of carbonyl (C=O) groups excluding carboxylic acids is 2. The van der Waals surface area contributed by atoms with Crippen molar-refractivity contribution in [2.24, 2.45) is 0 Å². The number of nitrogens with zero attached hydrogens (tertiary/aromatic N) is 4. The number of piperazine rings is 1. The summed E-state index contributed by atoms with van der Waals surface area (Å²) in [5.41, 5.74) is 0.753. The van der Waals surface area contributed by atoms with Crippen molar-refractivity contribution >= 4 is 28.8 Å². The molecule has 2 aliphatic heterocycles. The minimum absolute atomic E-state index is 0.0375. The Hall–Kier alpha value is -3.37. The molecule has 0 spiro atoms. The summed E-state index contributed by atoms with van der Waals surface area (Å²) in [4.78, 5) is 35.2. The van der Waals surface area contributed by atoms with E-state index in [1.165, 1.54) is 17.4 Å².